The molecule has 0 radical (unpaired) electrons. The van der Waals surface area contributed by atoms with Crippen molar-refractivity contribution in [3.8, 4) is 0 Å². The van der Waals surface area contributed by atoms with Crippen LogP contribution in [0.1, 0.15) is 50.1 Å². The van der Waals surface area contributed by atoms with E-state index in [4.69, 9.17) is 0 Å². The van der Waals surface area contributed by atoms with E-state index >= 15 is 0 Å². The van der Waals surface area contributed by atoms with Crippen molar-refractivity contribution in [1.82, 2.24) is 14.7 Å². The molecule has 1 atom stereocenters. The molecule has 1 aromatic heterocycles. The number of hydrogen-bond donors (Lipinski definition) is 0. The Labute approximate surface area is 118 Å². The second kappa shape index (κ2) is 5.52. The molecule has 0 aromatic carbocycles. The average Bonchev–Trinajstić information content (AvgIpc) is 3.18. The second-order valence-electron chi connectivity index (χ2n) is 6.11. The molecule has 1 aliphatic carbocycles. The minimum absolute atomic E-state index is 0.212. The molecule has 3 rings (SSSR count). The molecule has 0 amide bonds. The Hall–Kier alpha value is -1.43. The van der Waals surface area contributed by atoms with Crippen LogP contribution >= 0.6 is 0 Å². The highest BCUT2D eigenvalue weighted by Crippen LogP contribution is 2.43. The van der Waals surface area contributed by atoms with Gasteiger partial charge >= 0.3 is 5.69 Å². The van der Waals surface area contributed by atoms with Gasteiger partial charge in [0.25, 0.3) is 0 Å². The molecule has 0 spiro atoms. The summed E-state index contributed by atoms with van der Waals surface area (Å²) >= 11 is 0. The van der Waals surface area contributed by atoms with Crippen molar-refractivity contribution in [3.63, 3.8) is 0 Å². The largest absolute Gasteiger partial charge is 0.310 e. The third-order valence-electron chi connectivity index (χ3n) is 4.54. The zero-order chi connectivity index (χ0) is 14.1. The molecule has 0 bridgehead atoms. The van der Waals surface area contributed by atoms with Crippen molar-refractivity contribution in [3.05, 3.63) is 22.0 Å². The predicted molar refractivity (Wildman–Crippen MR) is 75.7 cm³/mol. The summed E-state index contributed by atoms with van der Waals surface area (Å²) in [5.41, 5.74) is 0.913. The lowest BCUT2D eigenvalue weighted by Crippen LogP contribution is -2.36. The maximum absolute atomic E-state index is 11.1. The van der Waals surface area contributed by atoms with Crippen LogP contribution in [-0.4, -0.2) is 39.2 Å². The molecule has 0 unspecified atom stereocenters. The van der Waals surface area contributed by atoms with Gasteiger partial charge in [-0.2, -0.15) is 5.10 Å². The molecule has 1 aliphatic heterocycles. The monoisotopic (exact) mass is 278 g/mol. The predicted octanol–water partition coefficient (Wildman–Crippen LogP) is 2.54. The van der Waals surface area contributed by atoms with E-state index in [1.54, 1.807) is 10.9 Å². The summed E-state index contributed by atoms with van der Waals surface area (Å²) in [6.07, 6.45) is 8.55. The van der Waals surface area contributed by atoms with Crippen molar-refractivity contribution in [2.24, 2.45) is 0 Å². The lowest BCUT2D eigenvalue weighted by Gasteiger charge is -2.32. The Morgan fingerprint density at radius 3 is 2.85 bits per heavy atom. The molecular weight excluding hydrogens is 256 g/mol. The topological polar surface area (TPSA) is 64.2 Å². The first-order valence-electron chi connectivity index (χ1n) is 7.57. The first kappa shape index (κ1) is 13.5. The van der Waals surface area contributed by atoms with Gasteiger partial charge in [-0.1, -0.05) is 6.42 Å². The third-order valence-corrected chi connectivity index (χ3v) is 4.54. The number of hydrogen-bond acceptors (Lipinski definition) is 4. The Morgan fingerprint density at radius 2 is 2.20 bits per heavy atom. The number of aryl methyl sites for hydroxylation is 1. The SMILES string of the molecule is CN1CCCC[C@H]1CCn1cc([N+](=O)[O-])c(C2CC2)n1. The normalized spacial score (nSPS) is 23.9. The molecule has 110 valence electrons. The summed E-state index contributed by atoms with van der Waals surface area (Å²) in [6, 6.07) is 0.594. The smallest absolute Gasteiger partial charge is 0.303 e. The maximum Gasteiger partial charge on any atom is 0.310 e. The van der Waals surface area contributed by atoms with Gasteiger partial charge in [-0.05, 0) is 45.7 Å². The Kier molecular flexibility index (Phi) is 3.74. The van der Waals surface area contributed by atoms with E-state index in [0.717, 1.165) is 32.4 Å². The maximum atomic E-state index is 11.1. The lowest BCUT2D eigenvalue weighted by atomic mass is 10.0. The minimum Gasteiger partial charge on any atom is -0.303 e. The van der Waals surface area contributed by atoms with E-state index in [1.807, 2.05) is 0 Å². The molecule has 2 fully saturated rings. The highest BCUT2D eigenvalue weighted by atomic mass is 16.6. The van der Waals surface area contributed by atoms with Gasteiger partial charge in [0.15, 0.2) is 0 Å². The van der Waals surface area contributed by atoms with E-state index in [9.17, 15) is 10.1 Å². The minimum atomic E-state index is -0.288. The fourth-order valence-electron chi connectivity index (χ4n) is 3.12. The quantitative estimate of drug-likeness (QED) is 0.613. The summed E-state index contributed by atoms with van der Waals surface area (Å²) in [5.74, 6) is 0.328. The van der Waals surface area contributed by atoms with E-state index in [2.05, 4.69) is 17.0 Å². The van der Waals surface area contributed by atoms with Crippen LogP contribution in [0, 0.1) is 10.1 Å². The zero-order valence-electron chi connectivity index (χ0n) is 12.0. The molecule has 1 aromatic rings. The lowest BCUT2D eigenvalue weighted by molar-refractivity contribution is -0.385. The summed E-state index contributed by atoms with van der Waals surface area (Å²) in [6.45, 7) is 1.94. The molecule has 2 aliphatic rings. The van der Waals surface area contributed by atoms with Crippen LogP contribution in [0.25, 0.3) is 0 Å². The van der Waals surface area contributed by atoms with Gasteiger partial charge in [0.2, 0.25) is 0 Å². The number of likely N-dealkylation sites (tertiary alicyclic amines) is 1. The second-order valence-corrected chi connectivity index (χ2v) is 6.11. The van der Waals surface area contributed by atoms with Crippen LogP contribution in [0.2, 0.25) is 0 Å². The van der Waals surface area contributed by atoms with E-state index in [-0.39, 0.29) is 10.6 Å². The summed E-state index contributed by atoms with van der Waals surface area (Å²) in [4.78, 5) is 13.2. The highest BCUT2D eigenvalue weighted by Gasteiger charge is 2.34. The summed E-state index contributed by atoms with van der Waals surface area (Å²) in [5, 5.41) is 15.5. The molecule has 1 saturated carbocycles. The van der Waals surface area contributed by atoms with Gasteiger partial charge in [-0.15, -0.1) is 0 Å². The fourth-order valence-corrected chi connectivity index (χ4v) is 3.12. The van der Waals surface area contributed by atoms with Crippen molar-refractivity contribution in [1.29, 1.82) is 0 Å². The Morgan fingerprint density at radius 1 is 1.40 bits per heavy atom. The van der Waals surface area contributed by atoms with E-state index < -0.39 is 0 Å². The third kappa shape index (κ3) is 2.85. The molecule has 6 nitrogen and oxygen atoms in total. The molecule has 0 N–H and O–H groups in total. The molecule has 20 heavy (non-hydrogen) atoms. The van der Waals surface area contributed by atoms with Crippen molar-refractivity contribution in [2.75, 3.05) is 13.6 Å². The van der Waals surface area contributed by atoms with Crippen molar-refractivity contribution >= 4 is 5.69 Å². The van der Waals surface area contributed by atoms with Crippen molar-refractivity contribution < 1.29 is 4.92 Å². The van der Waals surface area contributed by atoms with Gasteiger partial charge in [-0.3, -0.25) is 14.8 Å². The molecule has 1 saturated heterocycles. The first-order valence-corrected chi connectivity index (χ1v) is 7.57. The Balaban J connectivity index is 1.65. The van der Waals surface area contributed by atoms with Gasteiger partial charge in [0, 0.05) is 18.5 Å². The number of aromatic nitrogens is 2. The molecular formula is C14H22N4O2. The first-order chi connectivity index (χ1) is 9.65. The fraction of sp³-hybridized carbons (Fsp3) is 0.786. The molecule has 2 heterocycles. The average molecular weight is 278 g/mol. The van der Waals surface area contributed by atoms with E-state index in [1.165, 1.54) is 19.3 Å². The van der Waals surface area contributed by atoms with E-state index in [0.29, 0.717) is 17.7 Å². The molecule has 6 heteroatoms. The summed E-state index contributed by atoms with van der Waals surface area (Å²) < 4.78 is 1.79. The van der Waals surface area contributed by atoms with Gasteiger partial charge in [0.1, 0.15) is 11.9 Å². The number of nitrogens with zero attached hydrogens (tertiary/aromatic N) is 4. The van der Waals surface area contributed by atoms with Gasteiger partial charge in [-0.25, -0.2) is 0 Å². The van der Waals surface area contributed by atoms with Crippen LogP contribution in [-0.2, 0) is 6.54 Å². The standard InChI is InChI=1S/C14H22N4O2/c1-16-8-3-2-4-12(16)7-9-17-10-13(18(19)20)14(15-17)11-5-6-11/h10-12H,2-9H2,1H3/t12-/m0/s1. The van der Waals surface area contributed by atoms with Crippen LogP contribution < -0.4 is 0 Å². The van der Waals surface area contributed by atoms with Crippen molar-refractivity contribution in [2.45, 2.75) is 57.0 Å². The van der Waals surface area contributed by atoms with Gasteiger partial charge < -0.3 is 4.90 Å². The van der Waals surface area contributed by atoms with Crippen LogP contribution in [0.5, 0.6) is 0 Å². The van der Waals surface area contributed by atoms with Crippen LogP contribution in [0.15, 0.2) is 6.20 Å². The zero-order valence-corrected chi connectivity index (χ0v) is 12.0. The number of nitro groups is 1. The van der Waals surface area contributed by atoms with Gasteiger partial charge in [0.05, 0.1) is 4.92 Å². The summed E-state index contributed by atoms with van der Waals surface area (Å²) in [7, 11) is 2.17. The number of piperidine rings is 1. The van der Waals surface area contributed by atoms with Crippen LogP contribution in [0.4, 0.5) is 5.69 Å². The Bertz CT molecular complexity index is 495. The van der Waals surface area contributed by atoms with Crippen LogP contribution in [0.3, 0.4) is 0 Å². The number of rotatable bonds is 5. The highest BCUT2D eigenvalue weighted by molar-refractivity contribution is 5.37.